The summed E-state index contributed by atoms with van der Waals surface area (Å²) in [7, 11) is 0. The van der Waals surface area contributed by atoms with Crippen LogP contribution >= 0.6 is 11.6 Å². The van der Waals surface area contributed by atoms with Gasteiger partial charge in [0.1, 0.15) is 0 Å². The molecule has 4 unspecified atom stereocenters. The van der Waals surface area contributed by atoms with Gasteiger partial charge in [0.05, 0.1) is 22.9 Å². The zero-order valence-corrected chi connectivity index (χ0v) is 17.3. The number of nitro groups is 1. The summed E-state index contributed by atoms with van der Waals surface area (Å²) < 4.78 is 0. The lowest BCUT2D eigenvalue weighted by Gasteiger charge is -2.43. The Labute approximate surface area is 187 Å². The van der Waals surface area contributed by atoms with Crippen molar-refractivity contribution in [2.75, 3.05) is 10.6 Å². The number of carbonyl (C=O) groups excluding carboxylic acids is 3. The first kappa shape index (κ1) is 21.5. The van der Waals surface area contributed by atoms with Crippen molar-refractivity contribution >= 4 is 46.4 Å². The number of anilines is 2. The molecule has 0 saturated carbocycles. The van der Waals surface area contributed by atoms with Crippen LogP contribution in [0, 0.1) is 22.0 Å². The van der Waals surface area contributed by atoms with Crippen LogP contribution in [0.3, 0.4) is 0 Å². The Bertz CT molecular complexity index is 1060. The van der Waals surface area contributed by atoms with Crippen molar-refractivity contribution in [3.8, 4) is 0 Å². The van der Waals surface area contributed by atoms with E-state index in [4.69, 9.17) is 11.6 Å². The maximum absolute atomic E-state index is 12.9. The predicted octanol–water partition coefficient (Wildman–Crippen LogP) is 1.38. The molecule has 2 heterocycles. The van der Waals surface area contributed by atoms with Crippen LogP contribution < -0.4 is 26.6 Å². The summed E-state index contributed by atoms with van der Waals surface area (Å²) in [4.78, 5) is 48.2. The van der Waals surface area contributed by atoms with Gasteiger partial charge < -0.3 is 21.3 Å². The molecular formula is C20H19ClN6O5. The molecule has 2 aromatic carbocycles. The van der Waals surface area contributed by atoms with Crippen molar-refractivity contribution in [1.29, 1.82) is 0 Å². The average Bonchev–Trinajstić information content (AvgIpc) is 2.75. The quantitative estimate of drug-likeness (QED) is 0.335. The molecule has 4 atom stereocenters. The van der Waals surface area contributed by atoms with Gasteiger partial charge in [-0.05, 0) is 36.4 Å². The second kappa shape index (κ2) is 8.81. The molecular weight excluding hydrogens is 440 g/mol. The first-order chi connectivity index (χ1) is 15.3. The molecule has 2 aliphatic heterocycles. The van der Waals surface area contributed by atoms with Gasteiger partial charge in [0.15, 0.2) is 6.29 Å². The van der Waals surface area contributed by atoms with Gasteiger partial charge in [0, 0.05) is 35.0 Å². The van der Waals surface area contributed by atoms with Gasteiger partial charge in [-0.25, -0.2) is 0 Å². The highest BCUT2D eigenvalue weighted by atomic mass is 35.5. The monoisotopic (exact) mass is 458 g/mol. The molecule has 2 fully saturated rings. The number of non-ortho nitro benzene ring substituents is 1. The van der Waals surface area contributed by atoms with Crippen molar-refractivity contribution in [3.05, 3.63) is 63.7 Å². The molecule has 2 aliphatic rings. The fourth-order valence-electron chi connectivity index (χ4n) is 3.77. The minimum Gasteiger partial charge on any atom is -0.353 e. The number of rotatable bonds is 5. The third-order valence-corrected chi connectivity index (χ3v) is 5.54. The molecule has 3 amide bonds. The normalized spacial score (nSPS) is 24.5. The smallest absolute Gasteiger partial charge is 0.269 e. The number of nitro benzene ring substituents is 1. The van der Waals surface area contributed by atoms with Crippen LogP contribution in [0.15, 0.2) is 48.5 Å². The highest BCUT2D eigenvalue weighted by molar-refractivity contribution is 6.30. The Morgan fingerprint density at radius 3 is 2.34 bits per heavy atom. The van der Waals surface area contributed by atoms with Crippen LogP contribution in [-0.4, -0.2) is 35.1 Å². The van der Waals surface area contributed by atoms with E-state index >= 15 is 0 Å². The molecule has 11 nitrogen and oxygen atoms in total. The first-order valence-electron chi connectivity index (χ1n) is 9.73. The molecule has 166 valence electrons. The fourth-order valence-corrected chi connectivity index (χ4v) is 3.89. The number of amides is 3. The van der Waals surface area contributed by atoms with E-state index in [1.165, 1.54) is 24.3 Å². The van der Waals surface area contributed by atoms with Gasteiger partial charge in [0.2, 0.25) is 17.7 Å². The molecule has 0 aliphatic carbocycles. The molecule has 2 saturated heterocycles. The number of piperidine rings is 1. The minimum atomic E-state index is -0.923. The highest BCUT2D eigenvalue weighted by Gasteiger charge is 2.48. The van der Waals surface area contributed by atoms with Crippen LogP contribution in [0.25, 0.3) is 0 Å². The van der Waals surface area contributed by atoms with E-state index in [0.717, 1.165) is 0 Å². The molecule has 0 bridgehead atoms. The summed E-state index contributed by atoms with van der Waals surface area (Å²) in [6.45, 7) is 0. The lowest BCUT2D eigenvalue weighted by molar-refractivity contribution is -0.384. The molecule has 12 heteroatoms. The van der Waals surface area contributed by atoms with Gasteiger partial charge >= 0.3 is 0 Å². The number of nitrogens with one attached hydrogen (secondary N) is 5. The number of hydrogen-bond acceptors (Lipinski definition) is 7. The summed E-state index contributed by atoms with van der Waals surface area (Å²) in [5.74, 6) is -3.06. The van der Waals surface area contributed by atoms with E-state index in [1.54, 1.807) is 24.3 Å². The standard InChI is InChI=1S/C20H19ClN6O5/c21-10-1-3-12(4-2-10)23-20-25-17-16(19(30)26-20)14(9-15(28)24-17)18(29)22-11-5-7-13(8-6-11)27(31)32/h1-8,14,16-17,20,23,25H,9H2,(H,22,29)(H,24,28)(H,26,30). The fraction of sp³-hybridized carbons (Fsp3) is 0.250. The Kier molecular flexibility index (Phi) is 5.93. The largest absolute Gasteiger partial charge is 0.353 e. The zero-order valence-electron chi connectivity index (χ0n) is 16.5. The number of benzene rings is 2. The van der Waals surface area contributed by atoms with Crippen molar-refractivity contribution in [1.82, 2.24) is 16.0 Å². The molecule has 0 aromatic heterocycles. The van der Waals surface area contributed by atoms with Gasteiger partial charge in [-0.2, -0.15) is 0 Å². The number of carbonyl (C=O) groups is 3. The number of halogens is 1. The summed E-state index contributed by atoms with van der Waals surface area (Å²) in [6.07, 6.45) is -1.60. The molecule has 32 heavy (non-hydrogen) atoms. The van der Waals surface area contributed by atoms with Crippen LogP contribution in [0.5, 0.6) is 0 Å². The van der Waals surface area contributed by atoms with Crippen molar-refractivity contribution in [3.63, 3.8) is 0 Å². The highest BCUT2D eigenvalue weighted by Crippen LogP contribution is 2.28. The predicted molar refractivity (Wildman–Crippen MR) is 115 cm³/mol. The number of nitrogens with zero attached hydrogens (tertiary/aromatic N) is 1. The Morgan fingerprint density at radius 2 is 1.69 bits per heavy atom. The third kappa shape index (κ3) is 4.63. The lowest BCUT2D eigenvalue weighted by Crippen LogP contribution is -2.72. The topological polar surface area (TPSA) is 154 Å². The van der Waals surface area contributed by atoms with Gasteiger partial charge in [-0.15, -0.1) is 0 Å². The van der Waals surface area contributed by atoms with Crippen molar-refractivity contribution < 1.29 is 19.3 Å². The van der Waals surface area contributed by atoms with Gasteiger partial charge in [-0.1, -0.05) is 11.6 Å². The molecule has 4 rings (SSSR count). The van der Waals surface area contributed by atoms with Crippen molar-refractivity contribution in [2.45, 2.75) is 18.9 Å². The average molecular weight is 459 g/mol. The van der Waals surface area contributed by atoms with E-state index < -0.39 is 41.0 Å². The summed E-state index contributed by atoms with van der Waals surface area (Å²) in [5.41, 5.74) is 0.907. The zero-order chi connectivity index (χ0) is 22.8. The van der Waals surface area contributed by atoms with E-state index in [0.29, 0.717) is 16.4 Å². The molecule has 0 radical (unpaired) electrons. The van der Waals surface area contributed by atoms with Crippen LogP contribution in [0.1, 0.15) is 6.42 Å². The number of fused-ring (bicyclic) bond motifs is 1. The van der Waals surface area contributed by atoms with Crippen molar-refractivity contribution in [2.24, 2.45) is 11.8 Å². The molecule has 0 spiro atoms. The van der Waals surface area contributed by atoms with E-state index in [-0.39, 0.29) is 18.0 Å². The van der Waals surface area contributed by atoms with Gasteiger partial charge in [-0.3, -0.25) is 29.8 Å². The molecule has 2 aromatic rings. The SMILES string of the molecule is O=C1CC(C(=O)Nc2ccc([N+](=O)[O-])cc2)C2C(=O)NC(Nc3ccc(Cl)cc3)NC2N1. The minimum absolute atomic E-state index is 0.116. The molecule has 5 N–H and O–H groups in total. The Morgan fingerprint density at radius 1 is 1.03 bits per heavy atom. The van der Waals surface area contributed by atoms with Crippen LogP contribution in [0.2, 0.25) is 5.02 Å². The van der Waals surface area contributed by atoms with E-state index in [9.17, 15) is 24.5 Å². The maximum Gasteiger partial charge on any atom is 0.269 e. The second-order valence-corrected chi connectivity index (χ2v) is 7.87. The van der Waals surface area contributed by atoms with Crippen LogP contribution in [0.4, 0.5) is 17.1 Å². The van der Waals surface area contributed by atoms with Gasteiger partial charge in [0.25, 0.3) is 5.69 Å². The second-order valence-electron chi connectivity index (χ2n) is 7.43. The van der Waals surface area contributed by atoms with Crippen LogP contribution in [-0.2, 0) is 14.4 Å². The third-order valence-electron chi connectivity index (χ3n) is 5.29. The Hall–Kier alpha value is -3.70. The summed E-state index contributed by atoms with van der Waals surface area (Å²) >= 11 is 5.88. The van der Waals surface area contributed by atoms with E-state index in [2.05, 4.69) is 26.6 Å². The maximum atomic E-state index is 12.9. The summed E-state index contributed by atoms with van der Waals surface area (Å²) in [5, 5.41) is 25.6. The number of hydrogen-bond donors (Lipinski definition) is 5. The van der Waals surface area contributed by atoms with E-state index in [1.807, 2.05) is 0 Å². The first-order valence-corrected chi connectivity index (χ1v) is 10.1. The Balaban J connectivity index is 1.46. The summed E-state index contributed by atoms with van der Waals surface area (Å²) in [6, 6.07) is 12.2. The lowest BCUT2D eigenvalue weighted by atomic mass is 9.81.